The largest absolute Gasteiger partial charge is 0.330 e. The Bertz CT molecular complexity index is 118. The Balaban J connectivity index is 2.64. The third-order valence-electron chi connectivity index (χ3n) is 3.55. The molecule has 1 fully saturated rings. The van der Waals surface area contributed by atoms with Crippen molar-refractivity contribution in [1.29, 1.82) is 0 Å². The summed E-state index contributed by atoms with van der Waals surface area (Å²) in [5.74, 6) is 1.63. The molecule has 1 rings (SSSR count). The Labute approximate surface area is 64.0 Å². The van der Waals surface area contributed by atoms with Crippen molar-refractivity contribution in [2.24, 2.45) is 23.0 Å². The summed E-state index contributed by atoms with van der Waals surface area (Å²) in [4.78, 5) is 0. The van der Waals surface area contributed by atoms with Crippen LogP contribution in [0.1, 0.15) is 33.6 Å². The SMILES string of the molecule is CC1CCC(CN)C1(C)C. The Kier molecular flexibility index (Phi) is 2.04. The van der Waals surface area contributed by atoms with Crippen LogP contribution in [0.2, 0.25) is 0 Å². The van der Waals surface area contributed by atoms with E-state index in [1.165, 1.54) is 12.8 Å². The molecule has 0 aromatic rings. The summed E-state index contributed by atoms with van der Waals surface area (Å²) in [6, 6.07) is 0. The molecule has 0 aliphatic heterocycles. The van der Waals surface area contributed by atoms with Crippen molar-refractivity contribution < 1.29 is 0 Å². The van der Waals surface area contributed by atoms with Crippen LogP contribution in [0.25, 0.3) is 0 Å². The van der Waals surface area contributed by atoms with Gasteiger partial charge in [0.1, 0.15) is 0 Å². The highest BCUT2D eigenvalue weighted by atomic mass is 14.6. The predicted molar refractivity (Wildman–Crippen MR) is 44.7 cm³/mol. The van der Waals surface area contributed by atoms with E-state index in [9.17, 15) is 0 Å². The van der Waals surface area contributed by atoms with Gasteiger partial charge in [0.15, 0.2) is 0 Å². The molecule has 2 unspecified atom stereocenters. The van der Waals surface area contributed by atoms with Crippen LogP contribution in [0.15, 0.2) is 0 Å². The van der Waals surface area contributed by atoms with Gasteiger partial charge in [0.25, 0.3) is 0 Å². The van der Waals surface area contributed by atoms with Crippen molar-refractivity contribution in [3.8, 4) is 0 Å². The van der Waals surface area contributed by atoms with Gasteiger partial charge < -0.3 is 5.73 Å². The highest BCUT2D eigenvalue weighted by Crippen LogP contribution is 2.46. The Morgan fingerprint density at radius 1 is 1.40 bits per heavy atom. The maximum atomic E-state index is 5.67. The molecule has 0 aromatic heterocycles. The quantitative estimate of drug-likeness (QED) is 0.594. The average molecular weight is 141 g/mol. The molecule has 1 nitrogen and oxygen atoms in total. The second-order valence-electron chi connectivity index (χ2n) is 4.23. The zero-order chi connectivity index (χ0) is 7.78. The lowest BCUT2D eigenvalue weighted by Crippen LogP contribution is -2.28. The topological polar surface area (TPSA) is 26.0 Å². The average Bonchev–Trinajstić information content (AvgIpc) is 2.10. The summed E-state index contributed by atoms with van der Waals surface area (Å²) in [7, 11) is 0. The molecule has 0 bridgehead atoms. The van der Waals surface area contributed by atoms with Crippen LogP contribution in [0.5, 0.6) is 0 Å². The van der Waals surface area contributed by atoms with Crippen molar-refractivity contribution >= 4 is 0 Å². The zero-order valence-corrected chi connectivity index (χ0v) is 7.35. The van der Waals surface area contributed by atoms with Gasteiger partial charge in [0.2, 0.25) is 0 Å². The third kappa shape index (κ3) is 1.07. The van der Waals surface area contributed by atoms with E-state index in [0.29, 0.717) is 5.41 Å². The Morgan fingerprint density at radius 2 is 2.00 bits per heavy atom. The number of hydrogen-bond donors (Lipinski definition) is 1. The van der Waals surface area contributed by atoms with Crippen molar-refractivity contribution in [1.82, 2.24) is 0 Å². The van der Waals surface area contributed by atoms with Gasteiger partial charge in [-0.2, -0.15) is 0 Å². The summed E-state index contributed by atoms with van der Waals surface area (Å²) < 4.78 is 0. The summed E-state index contributed by atoms with van der Waals surface area (Å²) in [5.41, 5.74) is 6.17. The van der Waals surface area contributed by atoms with Crippen LogP contribution >= 0.6 is 0 Å². The lowest BCUT2D eigenvalue weighted by Gasteiger charge is -2.30. The molecular weight excluding hydrogens is 122 g/mol. The van der Waals surface area contributed by atoms with Gasteiger partial charge in [-0.25, -0.2) is 0 Å². The van der Waals surface area contributed by atoms with Gasteiger partial charge >= 0.3 is 0 Å². The van der Waals surface area contributed by atoms with E-state index in [1.807, 2.05) is 0 Å². The molecule has 1 aliphatic rings. The second kappa shape index (κ2) is 2.54. The van der Waals surface area contributed by atoms with E-state index in [4.69, 9.17) is 5.73 Å². The van der Waals surface area contributed by atoms with Crippen LogP contribution in [0.3, 0.4) is 0 Å². The highest BCUT2D eigenvalue weighted by molar-refractivity contribution is 4.89. The molecule has 1 saturated carbocycles. The summed E-state index contributed by atoms with van der Waals surface area (Å²) in [6.07, 6.45) is 2.71. The third-order valence-corrected chi connectivity index (χ3v) is 3.55. The summed E-state index contributed by atoms with van der Waals surface area (Å²) >= 11 is 0. The van der Waals surface area contributed by atoms with E-state index in [0.717, 1.165) is 18.4 Å². The minimum Gasteiger partial charge on any atom is -0.330 e. The van der Waals surface area contributed by atoms with E-state index >= 15 is 0 Å². The fraction of sp³-hybridized carbons (Fsp3) is 1.00. The van der Waals surface area contributed by atoms with Crippen molar-refractivity contribution in [2.45, 2.75) is 33.6 Å². The maximum absolute atomic E-state index is 5.67. The van der Waals surface area contributed by atoms with Crippen LogP contribution < -0.4 is 5.73 Å². The minimum absolute atomic E-state index is 0.495. The molecule has 2 N–H and O–H groups in total. The van der Waals surface area contributed by atoms with E-state index in [-0.39, 0.29) is 0 Å². The van der Waals surface area contributed by atoms with Crippen LogP contribution in [-0.4, -0.2) is 6.54 Å². The highest BCUT2D eigenvalue weighted by Gasteiger charge is 2.39. The molecule has 0 aromatic carbocycles. The first-order valence-corrected chi connectivity index (χ1v) is 4.29. The van der Waals surface area contributed by atoms with Crippen molar-refractivity contribution in [3.05, 3.63) is 0 Å². The van der Waals surface area contributed by atoms with Crippen molar-refractivity contribution in [2.75, 3.05) is 6.54 Å². The summed E-state index contributed by atoms with van der Waals surface area (Å²) in [6.45, 7) is 7.91. The normalized spacial score (nSPS) is 38.4. The molecular formula is C9H19N. The van der Waals surface area contributed by atoms with E-state index in [2.05, 4.69) is 20.8 Å². The molecule has 60 valence electrons. The van der Waals surface area contributed by atoms with Crippen LogP contribution in [-0.2, 0) is 0 Å². The minimum atomic E-state index is 0.495. The van der Waals surface area contributed by atoms with Crippen LogP contribution in [0.4, 0.5) is 0 Å². The number of hydrogen-bond acceptors (Lipinski definition) is 1. The Morgan fingerprint density at radius 3 is 2.20 bits per heavy atom. The molecule has 0 heterocycles. The Hall–Kier alpha value is -0.0400. The van der Waals surface area contributed by atoms with Gasteiger partial charge in [-0.3, -0.25) is 0 Å². The lowest BCUT2D eigenvalue weighted by molar-refractivity contribution is 0.203. The fourth-order valence-corrected chi connectivity index (χ4v) is 2.02. The molecule has 1 heteroatoms. The monoisotopic (exact) mass is 141 g/mol. The van der Waals surface area contributed by atoms with Crippen molar-refractivity contribution in [3.63, 3.8) is 0 Å². The van der Waals surface area contributed by atoms with E-state index in [1.54, 1.807) is 0 Å². The first kappa shape index (κ1) is 8.06. The zero-order valence-electron chi connectivity index (χ0n) is 7.35. The smallest absolute Gasteiger partial charge is 0.00437 e. The molecule has 2 atom stereocenters. The standard InChI is InChI=1S/C9H19N/c1-7-4-5-8(6-10)9(7,2)3/h7-8H,4-6,10H2,1-3H3. The van der Waals surface area contributed by atoms with Gasteiger partial charge in [-0.15, -0.1) is 0 Å². The number of rotatable bonds is 1. The van der Waals surface area contributed by atoms with Gasteiger partial charge in [0, 0.05) is 0 Å². The molecule has 0 amide bonds. The molecule has 10 heavy (non-hydrogen) atoms. The summed E-state index contributed by atoms with van der Waals surface area (Å²) in [5, 5.41) is 0. The molecule has 1 aliphatic carbocycles. The maximum Gasteiger partial charge on any atom is -0.00437 e. The predicted octanol–water partition coefficient (Wildman–Crippen LogP) is 2.02. The molecule has 0 saturated heterocycles. The van der Waals surface area contributed by atoms with E-state index < -0.39 is 0 Å². The lowest BCUT2D eigenvalue weighted by atomic mass is 9.76. The van der Waals surface area contributed by atoms with Gasteiger partial charge in [-0.1, -0.05) is 20.8 Å². The molecule has 0 spiro atoms. The van der Waals surface area contributed by atoms with Gasteiger partial charge in [-0.05, 0) is 36.6 Å². The van der Waals surface area contributed by atoms with Crippen LogP contribution in [0, 0.1) is 17.3 Å². The van der Waals surface area contributed by atoms with Gasteiger partial charge in [0.05, 0.1) is 0 Å². The first-order chi connectivity index (χ1) is 4.59. The molecule has 0 radical (unpaired) electrons. The fourth-order valence-electron chi connectivity index (χ4n) is 2.02. The number of nitrogens with two attached hydrogens (primary N) is 1. The second-order valence-corrected chi connectivity index (χ2v) is 4.23. The first-order valence-electron chi connectivity index (χ1n) is 4.29.